The molecule has 0 radical (unpaired) electrons. The van der Waals surface area contributed by atoms with E-state index in [0.29, 0.717) is 17.9 Å². The molecule has 1 heterocycles. The van der Waals surface area contributed by atoms with Gasteiger partial charge in [-0.1, -0.05) is 19.9 Å². The molecule has 0 aromatic heterocycles. The summed E-state index contributed by atoms with van der Waals surface area (Å²) >= 11 is 0. The van der Waals surface area contributed by atoms with Crippen LogP contribution in [0.15, 0.2) is 23.2 Å². The van der Waals surface area contributed by atoms with E-state index >= 15 is 0 Å². The molecule has 0 spiro atoms. The highest BCUT2D eigenvalue weighted by atomic mass is 127. The maximum atomic E-state index is 13.9. The van der Waals surface area contributed by atoms with Crippen LogP contribution in [0.25, 0.3) is 0 Å². The highest BCUT2D eigenvalue weighted by Gasteiger charge is 2.21. The Morgan fingerprint density at radius 3 is 2.59 bits per heavy atom. The molecule has 1 unspecified atom stereocenters. The molecule has 2 rings (SSSR count). The zero-order valence-electron chi connectivity index (χ0n) is 20.1. The number of guanidine groups is 1. The third-order valence-corrected chi connectivity index (χ3v) is 5.74. The second kappa shape index (κ2) is 15.7. The lowest BCUT2D eigenvalue weighted by atomic mass is 9.94. The van der Waals surface area contributed by atoms with Crippen LogP contribution in [-0.4, -0.2) is 61.9 Å². The molecule has 0 aliphatic carbocycles. The molecule has 0 saturated carbocycles. The average molecular weight is 565 g/mol. The lowest BCUT2D eigenvalue weighted by Gasteiger charge is -2.33. The van der Waals surface area contributed by atoms with Crippen LogP contribution < -0.4 is 15.4 Å². The van der Waals surface area contributed by atoms with Gasteiger partial charge in [0.05, 0.1) is 7.11 Å². The zero-order chi connectivity index (χ0) is 22.6. The molecule has 1 fully saturated rings. The number of nitrogens with one attached hydrogen (secondary N) is 2. The number of hydrogen-bond acceptors (Lipinski definition) is 4. The summed E-state index contributed by atoms with van der Waals surface area (Å²) in [6.45, 7) is 11.0. The van der Waals surface area contributed by atoms with Gasteiger partial charge in [0, 0.05) is 45.4 Å². The highest BCUT2D eigenvalue weighted by molar-refractivity contribution is 14.0. The summed E-state index contributed by atoms with van der Waals surface area (Å²) < 4.78 is 18.9. The van der Waals surface area contributed by atoms with E-state index in [4.69, 9.17) is 9.73 Å². The number of benzene rings is 1. The molecule has 1 aromatic carbocycles. The van der Waals surface area contributed by atoms with E-state index < -0.39 is 0 Å². The fourth-order valence-electron chi connectivity index (χ4n) is 4.17. The van der Waals surface area contributed by atoms with E-state index in [1.807, 2.05) is 6.07 Å². The molecule has 6 nitrogen and oxygen atoms in total. The van der Waals surface area contributed by atoms with Crippen LogP contribution >= 0.6 is 24.0 Å². The molecule has 1 aromatic rings. The van der Waals surface area contributed by atoms with Gasteiger partial charge >= 0.3 is 0 Å². The van der Waals surface area contributed by atoms with Crippen LogP contribution in [-0.2, 0) is 6.54 Å². The maximum Gasteiger partial charge on any atom is 0.191 e. The third-order valence-electron chi connectivity index (χ3n) is 5.74. The molecule has 1 atom stereocenters. The standard InChI is InChI=1S/C24H41FN4O2.HI/c1-5-26-24(27-16-19(10-13-30)14-18(2)3)28-21-8-11-29(12-9-21)17-20-6-7-23(31-4)22(25)15-20;/h6-7,15,18-19,21,30H,5,8-14,16-17H2,1-4H3,(H2,26,27,28);1H. The largest absolute Gasteiger partial charge is 0.494 e. The molecule has 1 saturated heterocycles. The first-order valence-electron chi connectivity index (χ1n) is 11.7. The molecular weight excluding hydrogens is 522 g/mol. The predicted molar refractivity (Wildman–Crippen MR) is 140 cm³/mol. The third kappa shape index (κ3) is 10.2. The number of methoxy groups -OCH3 is 1. The Morgan fingerprint density at radius 2 is 2.03 bits per heavy atom. The molecule has 8 heteroatoms. The summed E-state index contributed by atoms with van der Waals surface area (Å²) in [6, 6.07) is 5.57. The zero-order valence-corrected chi connectivity index (χ0v) is 22.4. The second-order valence-electron chi connectivity index (χ2n) is 8.89. The van der Waals surface area contributed by atoms with Crippen LogP contribution in [0, 0.1) is 17.7 Å². The number of piperidine rings is 1. The topological polar surface area (TPSA) is 69.1 Å². The Hall–Kier alpha value is -1.13. The lowest BCUT2D eigenvalue weighted by molar-refractivity contribution is 0.198. The van der Waals surface area contributed by atoms with Crippen molar-refractivity contribution in [3.05, 3.63) is 29.6 Å². The normalized spacial score (nSPS) is 16.5. The molecular formula is C24H42FIN4O2. The monoisotopic (exact) mass is 564 g/mol. The van der Waals surface area contributed by atoms with Crippen LogP contribution in [0.3, 0.4) is 0 Å². The van der Waals surface area contributed by atoms with E-state index in [1.165, 1.54) is 7.11 Å². The van der Waals surface area contributed by atoms with E-state index in [0.717, 1.165) is 69.9 Å². The van der Waals surface area contributed by atoms with Crippen molar-refractivity contribution in [1.29, 1.82) is 0 Å². The molecule has 184 valence electrons. The van der Waals surface area contributed by atoms with Gasteiger partial charge in [0.1, 0.15) is 0 Å². The summed E-state index contributed by atoms with van der Waals surface area (Å²) in [7, 11) is 1.48. The van der Waals surface area contributed by atoms with Gasteiger partial charge in [-0.05, 0) is 62.1 Å². The summed E-state index contributed by atoms with van der Waals surface area (Å²) in [4.78, 5) is 7.17. The van der Waals surface area contributed by atoms with Gasteiger partial charge in [-0.15, -0.1) is 24.0 Å². The highest BCUT2D eigenvalue weighted by Crippen LogP contribution is 2.20. The van der Waals surface area contributed by atoms with Crippen molar-refractivity contribution in [2.45, 2.75) is 59.0 Å². The smallest absolute Gasteiger partial charge is 0.191 e. The van der Waals surface area contributed by atoms with Crippen LogP contribution in [0.2, 0.25) is 0 Å². The van der Waals surface area contributed by atoms with Gasteiger partial charge < -0.3 is 20.5 Å². The van der Waals surface area contributed by atoms with Crippen molar-refractivity contribution in [3.63, 3.8) is 0 Å². The maximum absolute atomic E-state index is 13.9. The summed E-state index contributed by atoms with van der Waals surface area (Å²) in [5, 5.41) is 16.3. The van der Waals surface area contributed by atoms with Gasteiger partial charge in [0.15, 0.2) is 17.5 Å². The molecule has 1 aliphatic rings. The van der Waals surface area contributed by atoms with Crippen molar-refractivity contribution in [3.8, 4) is 5.75 Å². The molecule has 1 aliphatic heterocycles. The summed E-state index contributed by atoms with van der Waals surface area (Å²) in [5.41, 5.74) is 0.972. The number of rotatable bonds is 11. The Labute approximate surface area is 210 Å². The van der Waals surface area contributed by atoms with Crippen molar-refractivity contribution >= 4 is 29.9 Å². The number of hydrogen-bond donors (Lipinski definition) is 3. The lowest BCUT2D eigenvalue weighted by Crippen LogP contribution is -2.48. The number of nitrogens with zero attached hydrogens (tertiary/aromatic N) is 2. The van der Waals surface area contributed by atoms with Gasteiger partial charge in [-0.25, -0.2) is 4.39 Å². The van der Waals surface area contributed by atoms with Gasteiger partial charge in [-0.2, -0.15) is 0 Å². The second-order valence-corrected chi connectivity index (χ2v) is 8.89. The Morgan fingerprint density at radius 1 is 1.31 bits per heavy atom. The number of likely N-dealkylation sites (tertiary alicyclic amines) is 1. The number of aliphatic hydroxyl groups excluding tert-OH is 1. The molecule has 3 N–H and O–H groups in total. The first-order valence-corrected chi connectivity index (χ1v) is 11.7. The van der Waals surface area contributed by atoms with Gasteiger partial charge in [-0.3, -0.25) is 9.89 Å². The minimum atomic E-state index is -0.306. The van der Waals surface area contributed by atoms with E-state index in [-0.39, 0.29) is 42.2 Å². The van der Waals surface area contributed by atoms with Crippen molar-refractivity contribution in [2.75, 3.05) is 39.9 Å². The Kier molecular flexibility index (Phi) is 14.1. The number of aliphatic imine (C=N–C) groups is 1. The number of ether oxygens (including phenoxy) is 1. The quantitative estimate of drug-likeness (QED) is 0.215. The first kappa shape index (κ1) is 28.9. The first-order chi connectivity index (χ1) is 14.9. The molecule has 32 heavy (non-hydrogen) atoms. The van der Waals surface area contributed by atoms with Crippen LogP contribution in [0.1, 0.15) is 52.0 Å². The fourth-order valence-corrected chi connectivity index (χ4v) is 4.17. The predicted octanol–water partition coefficient (Wildman–Crippen LogP) is 4.02. The SMILES string of the molecule is CCNC(=NCC(CCO)CC(C)C)NC1CCN(Cc2ccc(OC)c(F)c2)CC1.I. The van der Waals surface area contributed by atoms with Gasteiger partial charge in [0.25, 0.3) is 0 Å². The van der Waals surface area contributed by atoms with Gasteiger partial charge in [0.2, 0.25) is 0 Å². The summed E-state index contributed by atoms with van der Waals surface area (Å²) in [5.74, 6) is 1.86. The van der Waals surface area contributed by atoms with Crippen molar-refractivity contribution < 1.29 is 14.2 Å². The van der Waals surface area contributed by atoms with Crippen molar-refractivity contribution in [2.24, 2.45) is 16.8 Å². The van der Waals surface area contributed by atoms with Crippen LogP contribution in [0.4, 0.5) is 4.39 Å². The number of aliphatic hydroxyl groups is 1. The van der Waals surface area contributed by atoms with Crippen LogP contribution in [0.5, 0.6) is 5.75 Å². The van der Waals surface area contributed by atoms with Crippen molar-refractivity contribution in [1.82, 2.24) is 15.5 Å². The molecule has 0 amide bonds. The minimum absolute atomic E-state index is 0. The van der Waals surface area contributed by atoms with E-state index in [9.17, 15) is 9.50 Å². The average Bonchev–Trinajstić information content (AvgIpc) is 2.73. The van der Waals surface area contributed by atoms with E-state index in [1.54, 1.807) is 12.1 Å². The Bertz CT molecular complexity index is 682. The number of halogens is 2. The molecule has 0 bridgehead atoms. The summed E-state index contributed by atoms with van der Waals surface area (Å²) in [6.07, 6.45) is 3.92. The minimum Gasteiger partial charge on any atom is -0.494 e. The van der Waals surface area contributed by atoms with E-state index in [2.05, 4.69) is 36.3 Å². The Balaban J connectivity index is 0.00000512. The fraction of sp³-hybridized carbons (Fsp3) is 0.708.